The van der Waals surface area contributed by atoms with Gasteiger partial charge in [0.2, 0.25) is 0 Å². The fourth-order valence-corrected chi connectivity index (χ4v) is 2.38. The zero-order valence-electron chi connectivity index (χ0n) is 12.7. The van der Waals surface area contributed by atoms with Crippen molar-refractivity contribution in [2.24, 2.45) is 0 Å². The molecule has 1 saturated heterocycles. The quantitative estimate of drug-likeness (QED) is 0.838. The number of aromatic nitrogens is 3. The molecule has 0 aliphatic carbocycles. The summed E-state index contributed by atoms with van der Waals surface area (Å²) in [6.07, 6.45) is 7.14. The largest absolute Gasteiger partial charge is 0.376 e. The highest BCUT2D eigenvalue weighted by atomic mass is 16.5. The van der Waals surface area contributed by atoms with Gasteiger partial charge in [-0.15, -0.1) is 0 Å². The lowest BCUT2D eigenvalue weighted by Crippen LogP contribution is -2.24. The van der Waals surface area contributed by atoms with Gasteiger partial charge in [0.1, 0.15) is 17.8 Å². The van der Waals surface area contributed by atoms with Gasteiger partial charge < -0.3 is 15.4 Å². The van der Waals surface area contributed by atoms with Crippen molar-refractivity contribution in [3.8, 4) is 0 Å². The van der Waals surface area contributed by atoms with Crippen LogP contribution in [0.1, 0.15) is 28.9 Å². The minimum absolute atomic E-state index is 0.217. The average Bonchev–Trinajstić information content (AvgIpc) is 3.12. The van der Waals surface area contributed by atoms with E-state index in [1.165, 1.54) is 6.33 Å². The van der Waals surface area contributed by atoms with Crippen LogP contribution in [0.4, 0.5) is 5.82 Å². The van der Waals surface area contributed by atoms with Gasteiger partial charge in [-0.25, -0.2) is 9.97 Å². The minimum atomic E-state index is -0.232. The van der Waals surface area contributed by atoms with Crippen molar-refractivity contribution < 1.29 is 9.53 Å². The zero-order valence-corrected chi connectivity index (χ0v) is 12.7. The number of carbonyl (C=O) groups excluding carboxylic acids is 1. The number of ether oxygens (including phenoxy) is 1. The lowest BCUT2D eigenvalue weighted by atomic mass is 10.2. The Labute approximate surface area is 134 Å². The molecule has 23 heavy (non-hydrogen) atoms. The minimum Gasteiger partial charge on any atom is -0.376 e. The highest BCUT2D eigenvalue weighted by molar-refractivity contribution is 5.92. The second-order valence-corrected chi connectivity index (χ2v) is 5.34. The molecule has 0 saturated carbocycles. The van der Waals surface area contributed by atoms with Gasteiger partial charge in [-0.05, 0) is 30.5 Å². The number of hydrogen-bond donors (Lipinski definition) is 2. The van der Waals surface area contributed by atoms with E-state index in [-0.39, 0.29) is 12.0 Å². The lowest BCUT2D eigenvalue weighted by Gasteiger charge is -2.11. The second-order valence-electron chi connectivity index (χ2n) is 5.34. The highest BCUT2D eigenvalue weighted by Crippen LogP contribution is 2.13. The Morgan fingerprint density at radius 2 is 2.17 bits per heavy atom. The Morgan fingerprint density at radius 3 is 2.96 bits per heavy atom. The standard InChI is InChI=1S/C16H19N5O2/c22-16(19-9-12-3-5-17-6-4-12)14-8-15(21-11-20-14)18-10-13-2-1-7-23-13/h3-6,8,11,13H,1-2,7,9-10H2,(H,19,22)(H,18,20,21). The molecule has 1 aliphatic heterocycles. The predicted molar refractivity (Wildman–Crippen MR) is 84.9 cm³/mol. The summed E-state index contributed by atoms with van der Waals surface area (Å²) in [5.74, 6) is 0.397. The maximum Gasteiger partial charge on any atom is 0.270 e. The smallest absolute Gasteiger partial charge is 0.270 e. The molecule has 0 radical (unpaired) electrons. The van der Waals surface area contributed by atoms with Crippen LogP contribution in [0.2, 0.25) is 0 Å². The number of amides is 1. The highest BCUT2D eigenvalue weighted by Gasteiger charge is 2.15. The SMILES string of the molecule is O=C(NCc1ccncc1)c1cc(NCC2CCCO2)ncn1. The van der Waals surface area contributed by atoms with Crippen molar-refractivity contribution in [2.45, 2.75) is 25.5 Å². The molecule has 3 heterocycles. The Kier molecular flexibility index (Phi) is 5.10. The Bertz CT molecular complexity index is 644. The monoisotopic (exact) mass is 313 g/mol. The first kappa shape index (κ1) is 15.4. The van der Waals surface area contributed by atoms with E-state index in [4.69, 9.17) is 4.74 Å². The summed E-state index contributed by atoms with van der Waals surface area (Å²) < 4.78 is 5.55. The van der Waals surface area contributed by atoms with Gasteiger partial charge in [0, 0.05) is 38.2 Å². The number of pyridine rings is 1. The van der Waals surface area contributed by atoms with Crippen molar-refractivity contribution >= 4 is 11.7 Å². The molecule has 120 valence electrons. The first-order valence-electron chi connectivity index (χ1n) is 7.66. The molecular formula is C16H19N5O2. The molecule has 2 N–H and O–H groups in total. The third-order valence-electron chi connectivity index (χ3n) is 3.64. The number of anilines is 1. The van der Waals surface area contributed by atoms with Gasteiger partial charge in [-0.2, -0.15) is 0 Å². The number of nitrogens with zero attached hydrogens (tertiary/aromatic N) is 3. The molecule has 7 nitrogen and oxygen atoms in total. The van der Waals surface area contributed by atoms with Gasteiger partial charge in [-0.3, -0.25) is 9.78 Å². The van der Waals surface area contributed by atoms with Gasteiger partial charge in [0.15, 0.2) is 0 Å². The maximum atomic E-state index is 12.2. The van der Waals surface area contributed by atoms with Crippen LogP contribution < -0.4 is 10.6 Å². The number of hydrogen-bond acceptors (Lipinski definition) is 6. The summed E-state index contributed by atoms with van der Waals surface area (Å²) in [4.78, 5) is 24.3. The van der Waals surface area contributed by atoms with Crippen LogP contribution in [0.15, 0.2) is 36.9 Å². The Hall–Kier alpha value is -2.54. The van der Waals surface area contributed by atoms with Gasteiger partial charge in [-0.1, -0.05) is 0 Å². The van der Waals surface area contributed by atoms with Crippen molar-refractivity contribution in [3.05, 3.63) is 48.2 Å². The summed E-state index contributed by atoms with van der Waals surface area (Å²) in [6, 6.07) is 5.36. The Morgan fingerprint density at radius 1 is 1.30 bits per heavy atom. The third kappa shape index (κ3) is 4.46. The summed E-state index contributed by atoms with van der Waals surface area (Å²) >= 11 is 0. The van der Waals surface area contributed by atoms with E-state index >= 15 is 0 Å². The van der Waals surface area contributed by atoms with E-state index in [0.717, 1.165) is 25.0 Å². The number of rotatable bonds is 6. The molecule has 0 spiro atoms. The average molecular weight is 313 g/mol. The molecule has 7 heteroatoms. The van der Waals surface area contributed by atoms with Crippen LogP contribution >= 0.6 is 0 Å². The van der Waals surface area contributed by atoms with Crippen LogP contribution in [-0.2, 0) is 11.3 Å². The topological polar surface area (TPSA) is 89.0 Å². The van der Waals surface area contributed by atoms with Crippen molar-refractivity contribution in [1.82, 2.24) is 20.3 Å². The Balaban J connectivity index is 1.54. The second kappa shape index (κ2) is 7.64. The molecule has 0 aromatic carbocycles. The van der Waals surface area contributed by atoms with Crippen LogP contribution in [0, 0.1) is 0 Å². The fourth-order valence-electron chi connectivity index (χ4n) is 2.38. The van der Waals surface area contributed by atoms with E-state index < -0.39 is 0 Å². The van der Waals surface area contributed by atoms with Crippen molar-refractivity contribution in [3.63, 3.8) is 0 Å². The van der Waals surface area contributed by atoms with E-state index in [0.29, 0.717) is 24.6 Å². The number of carbonyl (C=O) groups is 1. The molecule has 1 aliphatic rings. The summed E-state index contributed by atoms with van der Waals surface area (Å²) in [6.45, 7) is 1.94. The lowest BCUT2D eigenvalue weighted by molar-refractivity contribution is 0.0946. The van der Waals surface area contributed by atoms with Crippen LogP contribution in [0.5, 0.6) is 0 Å². The first-order valence-corrected chi connectivity index (χ1v) is 7.66. The molecule has 1 fully saturated rings. The molecule has 1 amide bonds. The predicted octanol–water partition coefficient (Wildman–Crippen LogP) is 1.39. The van der Waals surface area contributed by atoms with E-state index in [1.807, 2.05) is 12.1 Å². The molecule has 3 rings (SSSR count). The molecule has 2 aromatic heterocycles. The van der Waals surface area contributed by atoms with E-state index in [2.05, 4.69) is 25.6 Å². The van der Waals surface area contributed by atoms with Gasteiger partial charge in [0.05, 0.1) is 6.10 Å². The van der Waals surface area contributed by atoms with Crippen molar-refractivity contribution in [1.29, 1.82) is 0 Å². The van der Waals surface area contributed by atoms with Gasteiger partial charge >= 0.3 is 0 Å². The van der Waals surface area contributed by atoms with Gasteiger partial charge in [0.25, 0.3) is 5.91 Å². The van der Waals surface area contributed by atoms with Crippen LogP contribution in [-0.4, -0.2) is 40.1 Å². The third-order valence-corrected chi connectivity index (χ3v) is 3.64. The molecule has 1 atom stereocenters. The molecule has 2 aromatic rings. The maximum absolute atomic E-state index is 12.2. The van der Waals surface area contributed by atoms with E-state index in [9.17, 15) is 4.79 Å². The molecule has 1 unspecified atom stereocenters. The number of nitrogens with one attached hydrogen (secondary N) is 2. The van der Waals surface area contributed by atoms with Crippen molar-refractivity contribution in [2.75, 3.05) is 18.5 Å². The first-order chi connectivity index (χ1) is 11.3. The van der Waals surface area contributed by atoms with Crippen LogP contribution in [0.25, 0.3) is 0 Å². The molecule has 0 bridgehead atoms. The summed E-state index contributed by atoms with van der Waals surface area (Å²) in [5, 5.41) is 6.02. The van der Waals surface area contributed by atoms with E-state index in [1.54, 1.807) is 18.5 Å². The fraction of sp³-hybridized carbons (Fsp3) is 0.375. The van der Waals surface area contributed by atoms with Crippen LogP contribution in [0.3, 0.4) is 0 Å². The summed E-state index contributed by atoms with van der Waals surface area (Å²) in [5.41, 5.74) is 1.32. The summed E-state index contributed by atoms with van der Waals surface area (Å²) in [7, 11) is 0. The molecular weight excluding hydrogens is 294 g/mol. The normalized spacial score (nSPS) is 17.0. The zero-order chi connectivity index (χ0) is 15.9.